The van der Waals surface area contributed by atoms with E-state index in [2.05, 4.69) is 22.4 Å². The number of nitrogens with one attached hydrogen (secondary N) is 2. The van der Waals surface area contributed by atoms with E-state index in [0.29, 0.717) is 18.7 Å². The molecule has 1 amide bonds. The van der Waals surface area contributed by atoms with Crippen molar-refractivity contribution in [3.8, 4) is 0 Å². The standard InChI is InChI=1S/C21H21FN2O2/c1-13-17(16-7-4-8-18(22)21(16)24-13)11-20(25)23-12-19-15-6-3-2-5-14(15)9-10-26-19/h2-8,19,24H,9-12H2,1H3,(H,23,25)/t19-/m0/s1. The maximum Gasteiger partial charge on any atom is 0.224 e. The van der Waals surface area contributed by atoms with Gasteiger partial charge in [-0.25, -0.2) is 4.39 Å². The molecule has 134 valence electrons. The molecular formula is C21H21FN2O2. The summed E-state index contributed by atoms with van der Waals surface area (Å²) in [7, 11) is 0. The van der Waals surface area contributed by atoms with Gasteiger partial charge < -0.3 is 15.0 Å². The molecule has 0 spiro atoms. The Morgan fingerprint density at radius 3 is 3.00 bits per heavy atom. The van der Waals surface area contributed by atoms with Gasteiger partial charge in [0.2, 0.25) is 5.91 Å². The number of benzene rings is 2. The first-order chi connectivity index (χ1) is 12.6. The number of carbonyl (C=O) groups is 1. The summed E-state index contributed by atoms with van der Waals surface area (Å²) in [6.45, 7) is 2.96. The van der Waals surface area contributed by atoms with Gasteiger partial charge in [-0.1, -0.05) is 36.4 Å². The Hall–Kier alpha value is -2.66. The zero-order chi connectivity index (χ0) is 18.1. The van der Waals surface area contributed by atoms with Crippen LogP contribution in [0.2, 0.25) is 0 Å². The van der Waals surface area contributed by atoms with E-state index in [1.54, 1.807) is 6.07 Å². The van der Waals surface area contributed by atoms with Crippen LogP contribution in [0.25, 0.3) is 10.9 Å². The first-order valence-corrected chi connectivity index (χ1v) is 8.85. The minimum absolute atomic E-state index is 0.0927. The number of halogens is 1. The Bertz CT molecular complexity index is 964. The molecule has 2 N–H and O–H groups in total. The van der Waals surface area contributed by atoms with Gasteiger partial charge >= 0.3 is 0 Å². The average Bonchev–Trinajstić information content (AvgIpc) is 2.97. The second kappa shape index (κ2) is 6.92. The van der Waals surface area contributed by atoms with Crippen LogP contribution in [0.4, 0.5) is 4.39 Å². The number of H-pyrrole nitrogens is 1. The minimum atomic E-state index is -0.301. The maximum atomic E-state index is 13.9. The highest BCUT2D eigenvalue weighted by atomic mass is 19.1. The highest BCUT2D eigenvalue weighted by Gasteiger charge is 2.21. The van der Waals surface area contributed by atoms with Gasteiger partial charge in [-0.2, -0.15) is 0 Å². The third-order valence-corrected chi connectivity index (χ3v) is 5.02. The van der Waals surface area contributed by atoms with Crippen LogP contribution in [0.5, 0.6) is 0 Å². The van der Waals surface area contributed by atoms with E-state index >= 15 is 0 Å². The maximum absolute atomic E-state index is 13.9. The Kier molecular flexibility index (Phi) is 4.47. The molecule has 1 aliphatic rings. The van der Waals surface area contributed by atoms with E-state index in [4.69, 9.17) is 4.74 Å². The fourth-order valence-corrected chi connectivity index (χ4v) is 3.67. The molecule has 1 atom stereocenters. The minimum Gasteiger partial charge on any atom is -0.371 e. The van der Waals surface area contributed by atoms with Crippen LogP contribution < -0.4 is 5.32 Å². The van der Waals surface area contributed by atoms with Crippen LogP contribution >= 0.6 is 0 Å². The lowest BCUT2D eigenvalue weighted by Crippen LogP contribution is -2.32. The van der Waals surface area contributed by atoms with Crippen molar-refractivity contribution in [2.24, 2.45) is 0 Å². The van der Waals surface area contributed by atoms with E-state index in [9.17, 15) is 9.18 Å². The molecule has 2 heterocycles. The Balaban J connectivity index is 1.46. The first-order valence-electron chi connectivity index (χ1n) is 8.85. The molecule has 3 aromatic rings. The topological polar surface area (TPSA) is 54.1 Å². The number of fused-ring (bicyclic) bond motifs is 2. The van der Waals surface area contributed by atoms with Gasteiger partial charge in [0, 0.05) is 17.6 Å². The van der Waals surface area contributed by atoms with Crippen molar-refractivity contribution in [1.29, 1.82) is 0 Å². The van der Waals surface area contributed by atoms with Crippen molar-refractivity contribution in [2.75, 3.05) is 13.2 Å². The largest absolute Gasteiger partial charge is 0.371 e. The normalized spacial score (nSPS) is 16.5. The number of hydrogen-bond donors (Lipinski definition) is 2. The molecule has 0 saturated heterocycles. The predicted molar refractivity (Wildman–Crippen MR) is 98.5 cm³/mol. The van der Waals surface area contributed by atoms with Gasteiger partial charge in [0.15, 0.2) is 0 Å². The van der Waals surface area contributed by atoms with Gasteiger partial charge in [-0.3, -0.25) is 4.79 Å². The summed E-state index contributed by atoms with van der Waals surface area (Å²) in [6, 6.07) is 13.1. The van der Waals surface area contributed by atoms with Gasteiger partial charge in [-0.15, -0.1) is 0 Å². The number of aromatic nitrogens is 1. The van der Waals surface area contributed by atoms with E-state index in [0.717, 1.165) is 28.6 Å². The van der Waals surface area contributed by atoms with Crippen LogP contribution in [0, 0.1) is 12.7 Å². The highest BCUT2D eigenvalue weighted by molar-refractivity contribution is 5.90. The lowest BCUT2D eigenvalue weighted by molar-refractivity contribution is -0.121. The molecule has 0 unspecified atom stereocenters. The molecule has 0 aliphatic carbocycles. The summed E-state index contributed by atoms with van der Waals surface area (Å²) in [5.41, 5.74) is 4.53. The third-order valence-electron chi connectivity index (χ3n) is 5.02. The van der Waals surface area contributed by atoms with Crippen LogP contribution in [-0.4, -0.2) is 24.0 Å². The van der Waals surface area contributed by atoms with Crippen molar-refractivity contribution >= 4 is 16.8 Å². The summed E-state index contributed by atoms with van der Waals surface area (Å²) in [5, 5.41) is 3.73. The van der Waals surface area contributed by atoms with E-state index in [-0.39, 0.29) is 24.2 Å². The molecule has 26 heavy (non-hydrogen) atoms. The van der Waals surface area contributed by atoms with Crippen molar-refractivity contribution < 1.29 is 13.9 Å². The van der Waals surface area contributed by atoms with Crippen LogP contribution in [0.3, 0.4) is 0 Å². The quantitative estimate of drug-likeness (QED) is 0.754. The zero-order valence-corrected chi connectivity index (χ0v) is 14.6. The van der Waals surface area contributed by atoms with Crippen molar-refractivity contribution in [3.05, 3.63) is 70.7 Å². The first kappa shape index (κ1) is 16.8. The molecule has 5 heteroatoms. The lowest BCUT2D eigenvalue weighted by atomic mass is 9.97. The highest BCUT2D eigenvalue weighted by Crippen LogP contribution is 2.27. The zero-order valence-electron chi connectivity index (χ0n) is 14.6. The fraction of sp³-hybridized carbons (Fsp3) is 0.286. The van der Waals surface area contributed by atoms with Gasteiger partial charge in [-0.05, 0) is 36.1 Å². The summed E-state index contributed by atoms with van der Waals surface area (Å²) in [6.07, 6.45) is 0.995. The third kappa shape index (κ3) is 3.10. The van der Waals surface area contributed by atoms with Crippen LogP contribution in [0.15, 0.2) is 42.5 Å². The van der Waals surface area contributed by atoms with Crippen molar-refractivity contribution in [1.82, 2.24) is 10.3 Å². The molecule has 1 aromatic heterocycles. The van der Waals surface area contributed by atoms with E-state index in [1.807, 2.05) is 25.1 Å². The smallest absolute Gasteiger partial charge is 0.224 e. The lowest BCUT2D eigenvalue weighted by Gasteiger charge is -2.26. The monoisotopic (exact) mass is 352 g/mol. The van der Waals surface area contributed by atoms with Gasteiger partial charge in [0.25, 0.3) is 0 Å². The molecule has 4 rings (SSSR count). The molecule has 0 saturated carbocycles. The summed E-state index contributed by atoms with van der Waals surface area (Å²) in [5.74, 6) is -0.394. The number of hydrogen-bond acceptors (Lipinski definition) is 2. The molecule has 4 nitrogen and oxygen atoms in total. The van der Waals surface area contributed by atoms with Crippen molar-refractivity contribution in [2.45, 2.75) is 25.9 Å². The van der Waals surface area contributed by atoms with Crippen molar-refractivity contribution in [3.63, 3.8) is 0 Å². The van der Waals surface area contributed by atoms with Gasteiger partial charge in [0.1, 0.15) is 11.9 Å². The SMILES string of the molecule is Cc1[nH]c2c(F)cccc2c1CC(=O)NC[C@@H]1OCCc2ccccc21. The second-order valence-corrected chi connectivity index (χ2v) is 6.68. The number of aryl methyl sites for hydroxylation is 1. The molecule has 0 radical (unpaired) electrons. The van der Waals surface area contributed by atoms with Crippen LogP contribution in [0.1, 0.15) is 28.5 Å². The van der Waals surface area contributed by atoms with Gasteiger partial charge in [0.05, 0.1) is 18.5 Å². The number of carbonyl (C=O) groups excluding carboxylic acids is 1. The number of rotatable bonds is 4. The molecule has 2 aromatic carbocycles. The average molecular weight is 352 g/mol. The Morgan fingerprint density at radius 1 is 1.27 bits per heavy atom. The molecular weight excluding hydrogens is 331 g/mol. The number of aromatic amines is 1. The predicted octanol–water partition coefficient (Wildman–Crippen LogP) is 3.59. The summed E-state index contributed by atoms with van der Waals surface area (Å²) in [4.78, 5) is 15.5. The number of amides is 1. The summed E-state index contributed by atoms with van der Waals surface area (Å²) < 4.78 is 19.7. The number of ether oxygens (including phenoxy) is 1. The molecule has 0 fully saturated rings. The van der Waals surface area contributed by atoms with E-state index in [1.165, 1.54) is 11.6 Å². The van der Waals surface area contributed by atoms with Crippen LogP contribution in [-0.2, 0) is 22.4 Å². The Labute approximate surface area is 151 Å². The van der Waals surface area contributed by atoms with E-state index < -0.39 is 0 Å². The Morgan fingerprint density at radius 2 is 2.12 bits per heavy atom. The molecule has 0 bridgehead atoms. The fourth-order valence-electron chi connectivity index (χ4n) is 3.67. The number of para-hydroxylation sites is 1. The molecule has 1 aliphatic heterocycles. The second-order valence-electron chi connectivity index (χ2n) is 6.68. The summed E-state index contributed by atoms with van der Waals surface area (Å²) >= 11 is 0.